The van der Waals surface area contributed by atoms with Crippen molar-refractivity contribution in [2.75, 3.05) is 6.61 Å². The summed E-state index contributed by atoms with van der Waals surface area (Å²) >= 11 is 0. The Kier molecular flexibility index (Phi) is 7.33. The zero-order valence-electron chi connectivity index (χ0n) is 10.2. The maximum atomic E-state index is 12.0. The number of hydrogen-bond donors (Lipinski definition) is 3. The number of carbonyl (C=O) groups is 1. The van der Waals surface area contributed by atoms with Gasteiger partial charge in [0.1, 0.15) is 11.8 Å². The first-order chi connectivity index (χ1) is 8.81. The van der Waals surface area contributed by atoms with Crippen LogP contribution in [-0.2, 0) is 11.3 Å². The molecule has 0 radical (unpaired) electrons. The molecule has 0 spiro atoms. The number of ether oxygens (including phenoxy) is 1. The number of rotatable bonds is 5. The molecule has 0 aromatic heterocycles. The van der Waals surface area contributed by atoms with Crippen molar-refractivity contribution in [3.8, 4) is 5.75 Å². The van der Waals surface area contributed by atoms with Gasteiger partial charge in [-0.05, 0) is 17.7 Å². The first kappa shape index (κ1) is 18.5. The maximum absolute atomic E-state index is 12.0. The van der Waals surface area contributed by atoms with Crippen molar-refractivity contribution in [3.63, 3.8) is 0 Å². The summed E-state index contributed by atoms with van der Waals surface area (Å²) in [5, 5.41) is 11.0. The van der Waals surface area contributed by atoms with Crippen molar-refractivity contribution in [1.29, 1.82) is 0 Å². The molecule has 1 aromatic carbocycles. The van der Waals surface area contributed by atoms with Gasteiger partial charge >= 0.3 is 6.36 Å². The highest BCUT2D eigenvalue weighted by molar-refractivity contribution is 5.85. The van der Waals surface area contributed by atoms with Crippen molar-refractivity contribution in [2.45, 2.75) is 18.9 Å². The van der Waals surface area contributed by atoms with Crippen molar-refractivity contribution in [3.05, 3.63) is 29.8 Å². The summed E-state index contributed by atoms with van der Waals surface area (Å²) in [6.07, 6.45) is -4.76. The molecule has 1 unspecified atom stereocenters. The van der Waals surface area contributed by atoms with Crippen molar-refractivity contribution in [2.24, 2.45) is 5.73 Å². The van der Waals surface area contributed by atoms with Crippen molar-refractivity contribution >= 4 is 18.3 Å². The summed E-state index contributed by atoms with van der Waals surface area (Å²) < 4.78 is 39.7. The van der Waals surface area contributed by atoms with Gasteiger partial charge in [-0.25, -0.2) is 0 Å². The molecule has 20 heavy (non-hydrogen) atoms. The average Bonchev–Trinajstić information content (AvgIpc) is 2.33. The van der Waals surface area contributed by atoms with E-state index >= 15 is 0 Å². The van der Waals surface area contributed by atoms with Gasteiger partial charge in [0.05, 0.1) is 6.61 Å². The van der Waals surface area contributed by atoms with Crippen LogP contribution in [0.3, 0.4) is 0 Å². The lowest BCUT2D eigenvalue weighted by Gasteiger charge is -2.12. The Hall–Kier alpha value is -1.51. The highest BCUT2D eigenvalue weighted by Gasteiger charge is 2.31. The molecule has 1 atom stereocenters. The Morgan fingerprint density at radius 2 is 2.10 bits per heavy atom. The fraction of sp³-hybridized carbons (Fsp3) is 0.364. The molecule has 0 saturated heterocycles. The predicted octanol–water partition coefficient (Wildman–Crippen LogP) is 0.943. The number of carbonyl (C=O) groups excluding carboxylic acids is 1. The minimum absolute atomic E-state index is 0. The Balaban J connectivity index is 0.00000361. The van der Waals surface area contributed by atoms with E-state index in [1.165, 1.54) is 12.1 Å². The number of nitrogens with two attached hydrogens (primary N) is 1. The molecule has 0 heterocycles. The van der Waals surface area contributed by atoms with Crippen LogP contribution in [0.4, 0.5) is 13.2 Å². The summed E-state index contributed by atoms with van der Waals surface area (Å²) in [5.41, 5.74) is 5.68. The molecular formula is C11H14ClF3N2O3. The molecule has 9 heteroatoms. The van der Waals surface area contributed by atoms with Gasteiger partial charge in [0, 0.05) is 6.54 Å². The average molecular weight is 315 g/mol. The first-order valence-corrected chi connectivity index (χ1v) is 5.30. The fourth-order valence-corrected chi connectivity index (χ4v) is 1.26. The van der Waals surface area contributed by atoms with E-state index in [2.05, 4.69) is 10.1 Å². The standard InChI is InChI=1S/C11H13F3N2O3.ClH/c12-11(13,14)19-8-3-1-2-7(4-8)5-16-10(18)9(15)6-17;/h1-4,9,17H,5-6,15H2,(H,16,18);1H. The van der Waals surface area contributed by atoms with Crippen LogP contribution >= 0.6 is 12.4 Å². The first-order valence-electron chi connectivity index (χ1n) is 5.30. The third-order valence-electron chi connectivity index (χ3n) is 2.13. The van der Waals surface area contributed by atoms with Gasteiger partial charge in [0.25, 0.3) is 0 Å². The summed E-state index contributed by atoms with van der Waals surface area (Å²) in [5.74, 6) is -0.963. The second-order valence-corrected chi connectivity index (χ2v) is 3.70. The Morgan fingerprint density at radius 1 is 1.45 bits per heavy atom. The second-order valence-electron chi connectivity index (χ2n) is 3.70. The van der Waals surface area contributed by atoms with Crippen molar-refractivity contribution < 1.29 is 27.8 Å². The second kappa shape index (κ2) is 7.93. The normalized spacial score (nSPS) is 12.2. The van der Waals surface area contributed by atoms with Crippen LogP contribution < -0.4 is 15.8 Å². The topological polar surface area (TPSA) is 84.6 Å². The molecule has 0 aliphatic rings. The largest absolute Gasteiger partial charge is 0.573 e. The van der Waals surface area contributed by atoms with E-state index in [1.807, 2.05) is 0 Å². The van der Waals surface area contributed by atoms with E-state index < -0.39 is 24.9 Å². The van der Waals surface area contributed by atoms with Gasteiger partial charge in [-0.15, -0.1) is 25.6 Å². The SMILES string of the molecule is Cl.NC(CO)C(=O)NCc1cccc(OC(F)(F)F)c1. The number of nitrogens with one attached hydrogen (secondary N) is 1. The van der Waals surface area contributed by atoms with Crippen LogP contribution in [-0.4, -0.2) is 30.0 Å². The lowest BCUT2D eigenvalue weighted by atomic mass is 10.2. The van der Waals surface area contributed by atoms with Gasteiger partial charge in [-0.2, -0.15) is 0 Å². The summed E-state index contributed by atoms with van der Waals surface area (Å²) in [6, 6.07) is 4.13. The molecule has 114 valence electrons. The smallest absolute Gasteiger partial charge is 0.406 e. The van der Waals surface area contributed by atoms with Crippen LogP contribution in [0.1, 0.15) is 5.56 Å². The van der Waals surface area contributed by atoms with Crippen molar-refractivity contribution in [1.82, 2.24) is 5.32 Å². The van der Waals surface area contributed by atoms with Crippen LogP contribution in [0.25, 0.3) is 0 Å². The molecule has 0 fully saturated rings. The van der Waals surface area contributed by atoms with Crippen LogP contribution in [0, 0.1) is 0 Å². The lowest BCUT2D eigenvalue weighted by molar-refractivity contribution is -0.274. The van der Waals surface area contributed by atoms with E-state index in [9.17, 15) is 18.0 Å². The molecule has 1 amide bonds. The van der Waals surface area contributed by atoms with E-state index in [0.29, 0.717) is 5.56 Å². The monoisotopic (exact) mass is 314 g/mol. The lowest BCUT2D eigenvalue weighted by Crippen LogP contribution is -2.42. The predicted molar refractivity (Wildman–Crippen MR) is 67.3 cm³/mol. The zero-order chi connectivity index (χ0) is 14.5. The highest BCUT2D eigenvalue weighted by atomic mass is 35.5. The molecule has 4 N–H and O–H groups in total. The fourth-order valence-electron chi connectivity index (χ4n) is 1.26. The molecule has 1 rings (SSSR count). The molecule has 1 aromatic rings. The molecule has 0 bridgehead atoms. The molecule has 0 aliphatic heterocycles. The molecule has 0 saturated carbocycles. The molecule has 0 aliphatic carbocycles. The van der Waals surface area contributed by atoms with E-state index in [-0.39, 0.29) is 24.7 Å². The van der Waals surface area contributed by atoms with Crippen LogP contribution in [0.15, 0.2) is 24.3 Å². The molecule has 5 nitrogen and oxygen atoms in total. The number of halogens is 4. The zero-order valence-corrected chi connectivity index (χ0v) is 11.0. The minimum atomic E-state index is -4.76. The highest BCUT2D eigenvalue weighted by Crippen LogP contribution is 2.23. The summed E-state index contributed by atoms with van der Waals surface area (Å²) in [4.78, 5) is 11.3. The van der Waals surface area contributed by atoms with Gasteiger partial charge in [0.2, 0.25) is 5.91 Å². The third-order valence-corrected chi connectivity index (χ3v) is 2.13. The number of alkyl halides is 3. The minimum Gasteiger partial charge on any atom is -0.406 e. The Labute approximate surface area is 119 Å². The molecular weight excluding hydrogens is 301 g/mol. The van der Waals surface area contributed by atoms with E-state index in [0.717, 1.165) is 12.1 Å². The van der Waals surface area contributed by atoms with Gasteiger partial charge < -0.3 is 20.9 Å². The van der Waals surface area contributed by atoms with Crippen LogP contribution in [0.2, 0.25) is 0 Å². The number of aliphatic hydroxyl groups is 1. The number of hydrogen-bond acceptors (Lipinski definition) is 4. The van der Waals surface area contributed by atoms with E-state index in [1.54, 1.807) is 0 Å². The summed E-state index contributed by atoms with van der Waals surface area (Å²) in [6.45, 7) is -0.523. The Morgan fingerprint density at radius 3 is 2.65 bits per heavy atom. The Bertz CT molecular complexity index is 443. The number of aliphatic hydroxyl groups excluding tert-OH is 1. The number of benzene rings is 1. The maximum Gasteiger partial charge on any atom is 0.573 e. The quantitative estimate of drug-likeness (QED) is 0.755. The van der Waals surface area contributed by atoms with Crippen LogP contribution in [0.5, 0.6) is 5.75 Å². The van der Waals surface area contributed by atoms with E-state index in [4.69, 9.17) is 10.8 Å². The van der Waals surface area contributed by atoms with Gasteiger partial charge in [-0.1, -0.05) is 12.1 Å². The van der Waals surface area contributed by atoms with Gasteiger partial charge in [0.15, 0.2) is 0 Å². The summed E-state index contributed by atoms with van der Waals surface area (Å²) in [7, 11) is 0. The number of amides is 1. The third kappa shape index (κ3) is 6.60. The van der Waals surface area contributed by atoms with Gasteiger partial charge in [-0.3, -0.25) is 4.79 Å².